The zero-order valence-electron chi connectivity index (χ0n) is 16.4. The third kappa shape index (κ3) is 5.11. The minimum Gasteiger partial charge on any atom is -0.369 e. The number of hydrogen-bond acceptors (Lipinski definition) is 4. The minimum atomic E-state index is -0.196. The zero-order valence-corrected chi connectivity index (χ0v) is 17.2. The smallest absolute Gasteiger partial charge is 0.172 e. The fraction of sp³-hybridized carbons (Fsp3) is 0.292. The third-order valence-corrected chi connectivity index (χ3v) is 6.56. The fourth-order valence-electron chi connectivity index (χ4n) is 3.71. The van der Waals surface area contributed by atoms with Crippen LogP contribution in [0.3, 0.4) is 0 Å². The second-order valence-corrected chi connectivity index (χ2v) is 8.45. The topological polar surface area (TPSA) is 23.6 Å². The van der Waals surface area contributed by atoms with Crippen molar-refractivity contribution in [3.63, 3.8) is 0 Å². The highest BCUT2D eigenvalue weighted by Crippen LogP contribution is 2.28. The Bertz CT molecular complexity index is 931. The highest BCUT2D eigenvalue weighted by molar-refractivity contribution is 7.17. The second-order valence-electron chi connectivity index (χ2n) is 7.36. The molecule has 3 aromatic rings. The summed E-state index contributed by atoms with van der Waals surface area (Å²) in [6, 6.07) is 20.9. The van der Waals surface area contributed by atoms with E-state index in [0.717, 1.165) is 60.1 Å². The van der Waals surface area contributed by atoms with Gasteiger partial charge in [0, 0.05) is 43.2 Å². The van der Waals surface area contributed by atoms with Crippen LogP contribution < -0.4 is 4.90 Å². The molecule has 0 spiro atoms. The Morgan fingerprint density at radius 2 is 1.62 bits per heavy atom. The van der Waals surface area contributed by atoms with Gasteiger partial charge in [-0.2, -0.15) is 0 Å². The molecule has 1 aliphatic heterocycles. The number of carbonyl (C=O) groups excluding carboxylic acids is 1. The molecule has 0 N–H and O–H groups in total. The average Bonchev–Trinajstić information content (AvgIpc) is 3.26. The van der Waals surface area contributed by atoms with Gasteiger partial charge in [0.25, 0.3) is 0 Å². The van der Waals surface area contributed by atoms with Crippen molar-refractivity contribution in [3.05, 3.63) is 77.4 Å². The van der Waals surface area contributed by atoms with Crippen molar-refractivity contribution >= 4 is 22.8 Å². The zero-order chi connectivity index (χ0) is 20.1. The van der Waals surface area contributed by atoms with Gasteiger partial charge < -0.3 is 4.90 Å². The predicted octanol–water partition coefficient (Wildman–Crippen LogP) is 5.34. The molecule has 29 heavy (non-hydrogen) atoms. The molecule has 2 heterocycles. The molecular formula is C24H25FN2OS. The first kappa shape index (κ1) is 19.8. The summed E-state index contributed by atoms with van der Waals surface area (Å²) in [5, 5.41) is 0. The van der Waals surface area contributed by atoms with Gasteiger partial charge in [0.05, 0.1) is 4.88 Å². The van der Waals surface area contributed by atoms with Gasteiger partial charge in [-0.15, -0.1) is 11.3 Å². The first-order valence-corrected chi connectivity index (χ1v) is 10.9. The van der Waals surface area contributed by atoms with Gasteiger partial charge in [0.2, 0.25) is 0 Å². The van der Waals surface area contributed by atoms with E-state index in [4.69, 9.17) is 0 Å². The molecule has 1 aromatic heterocycles. The van der Waals surface area contributed by atoms with Crippen molar-refractivity contribution in [3.8, 4) is 10.4 Å². The lowest BCUT2D eigenvalue weighted by Gasteiger charge is -2.36. The summed E-state index contributed by atoms with van der Waals surface area (Å²) in [7, 11) is 0. The molecular weight excluding hydrogens is 383 g/mol. The number of anilines is 1. The summed E-state index contributed by atoms with van der Waals surface area (Å²) < 4.78 is 13.1. The lowest BCUT2D eigenvalue weighted by Crippen LogP contribution is -2.46. The van der Waals surface area contributed by atoms with Gasteiger partial charge in [-0.3, -0.25) is 9.69 Å². The quantitative estimate of drug-likeness (QED) is 0.493. The molecule has 0 aliphatic carbocycles. The maximum atomic E-state index is 13.1. The maximum absolute atomic E-state index is 13.1. The lowest BCUT2D eigenvalue weighted by atomic mass is 10.1. The van der Waals surface area contributed by atoms with Crippen LogP contribution in [0.2, 0.25) is 0 Å². The number of ketones is 1. The van der Waals surface area contributed by atoms with Crippen molar-refractivity contribution in [1.29, 1.82) is 0 Å². The Balaban J connectivity index is 1.21. The van der Waals surface area contributed by atoms with Crippen LogP contribution in [-0.2, 0) is 0 Å². The third-order valence-electron chi connectivity index (χ3n) is 5.38. The summed E-state index contributed by atoms with van der Waals surface area (Å²) in [6.45, 7) is 4.77. The van der Waals surface area contributed by atoms with Crippen molar-refractivity contribution in [2.24, 2.45) is 0 Å². The van der Waals surface area contributed by atoms with E-state index >= 15 is 0 Å². The highest BCUT2D eigenvalue weighted by atomic mass is 32.1. The Labute approximate surface area is 175 Å². The van der Waals surface area contributed by atoms with Crippen LogP contribution in [0.5, 0.6) is 0 Å². The summed E-state index contributed by atoms with van der Waals surface area (Å²) >= 11 is 1.58. The van der Waals surface area contributed by atoms with Crippen molar-refractivity contribution in [2.45, 2.75) is 12.8 Å². The van der Waals surface area contributed by atoms with E-state index in [9.17, 15) is 9.18 Å². The molecule has 1 aliphatic rings. The van der Waals surface area contributed by atoms with E-state index in [0.29, 0.717) is 6.42 Å². The fourth-order valence-corrected chi connectivity index (χ4v) is 4.69. The standard InChI is InChI=1S/C24H25FN2OS/c25-20-8-10-21(11-9-20)27-17-15-26(16-18-27)14-4-7-22(28)24-13-12-23(29-24)19-5-2-1-3-6-19/h1-3,5-6,8-13H,4,7,14-18H2. The van der Waals surface area contributed by atoms with Crippen LogP contribution >= 0.6 is 11.3 Å². The number of thiophene rings is 1. The SMILES string of the molecule is O=C(CCCN1CCN(c2ccc(F)cc2)CC1)c1ccc(-c2ccccc2)s1. The molecule has 0 saturated carbocycles. The summed E-state index contributed by atoms with van der Waals surface area (Å²) in [5.41, 5.74) is 2.24. The number of Topliss-reactive ketones (excluding diaryl/α,β-unsaturated/α-hetero) is 1. The average molecular weight is 409 g/mol. The molecule has 0 amide bonds. The first-order chi connectivity index (χ1) is 14.2. The second kappa shape index (κ2) is 9.33. The number of nitrogens with zero attached hydrogens (tertiary/aromatic N) is 2. The minimum absolute atomic E-state index is 0.196. The number of piperazine rings is 1. The van der Waals surface area contributed by atoms with Crippen molar-refractivity contribution in [2.75, 3.05) is 37.6 Å². The van der Waals surface area contributed by atoms with Crippen molar-refractivity contribution < 1.29 is 9.18 Å². The molecule has 3 nitrogen and oxygen atoms in total. The van der Waals surface area contributed by atoms with Crippen LogP contribution in [0.1, 0.15) is 22.5 Å². The number of benzene rings is 2. The van der Waals surface area contributed by atoms with Gasteiger partial charge in [-0.05, 0) is 54.9 Å². The molecule has 2 aromatic carbocycles. The van der Waals surface area contributed by atoms with Crippen LogP contribution in [0.4, 0.5) is 10.1 Å². The Morgan fingerprint density at radius 1 is 0.897 bits per heavy atom. The molecule has 0 radical (unpaired) electrons. The summed E-state index contributed by atoms with van der Waals surface area (Å²) in [6.07, 6.45) is 1.47. The summed E-state index contributed by atoms with van der Waals surface area (Å²) in [5.74, 6) is 0.0424. The molecule has 4 rings (SSSR count). The Morgan fingerprint density at radius 3 is 2.34 bits per heavy atom. The molecule has 5 heteroatoms. The summed E-state index contributed by atoms with van der Waals surface area (Å²) in [4.78, 5) is 19.2. The predicted molar refractivity (Wildman–Crippen MR) is 118 cm³/mol. The van der Waals surface area contributed by atoms with E-state index in [1.165, 1.54) is 12.1 Å². The molecule has 1 saturated heterocycles. The van der Waals surface area contributed by atoms with Crippen molar-refractivity contribution in [1.82, 2.24) is 4.90 Å². The van der Waals surface area contributed by atoms with E-state index in [2.05, 4.69) is 21.9 Å². The van der Waals surface area contributed by atoms with E-state index in [-0.39, 0.29) is 11.6 Å². The van der Waals surface area contributed by atoms with Gasteiger partial charge in [-0.1, -0.05) is 30.3 Å². The largest absolute Gasteiger partial charge is 0.369 e. The van der Waals surface area contributed by atoms with Gasteiger partial charge in [-0.25, -0.2) is 4.39 Å². The molecule has 0 unspecified atom stereocenters. The Hall–Kier alpha value is -2.50. The number of halogens is 1. The maximum Gasteiger partial charge on any atom is 0.172 e. The highest BCUT2D eigenvalue weighted by Gasteiger charge is 2.18. The van der Waals surface area contributed by atoms with E-state index in [1.54, 1.807) is 11.3 Å². The first-order valence-electron chi connectivity index (χ1n) is 10.1. The number of hydrogen-bond donors (Lipinski definition) is 0. The lowest BCUT2D eigenvalue weighted by molar-refractivity contribution is 0.0978. The molecule has 0 atom stereocenters. The van der Waals surface area contributed by atoms with Crippen LogP contribution in [0, 0.1) is 5.82 Å². The van der Waals surface area contributed by atoms with E-state index in [1.807, 2.05) is 42.5 Å². The van der Waals surface area contributed by atoms with E-state index < -0.39 is 0 Å². The van der Waals surface area contributed by atoms with Gasteiger partial charge in [0.1, 0.15) is 5.82 Å². The monoisotopic (exact) mass is 408 g/mol. The normalized spacial score (nSPS) is 14.9. The van der Waals surface area contributed by atoms with Crippen LogP contribution in [-0.4, -0.2) is 43.4 Å². The van der Waals surface area contributed by atoms with Crippen LogP contribution in [0.25, 0.3) is 10.4 Å². The van der Waals surface area contributed by atoms with Crippen LogP contribution in [0.15, 0.2) is 66.7 Å². The number of rotatable bonds is 7. The van der Waals surface area contributed by atoms with Gasteiger partial charge >= 0.3 is 0 Å². The molecule has 1 fully saturated rings. The van der Waals surface area contributed by atoms with Gasteiger partial charge in [0.15, 0.2) is 5.78 Å². The molecule has 150 valence electrons. The molecule has 0 bridgehead atoms. The Kier molecular flexibility index (Phi) is 6.37. The number of carbonyl (C=O) groups is 1.